The predicted molar refractivity (Wildman–Crippen MR) is 274 cm³/mol. The first-order chi connectivity index (χ1) is 34.7. The van der Waals surface area contributed by atoms with Crippen molar-refractivity contribution in [3.05, 3.63) is 90.3 Å². The number of anilines is 1. The van der Waals surface area contributed by atoms with Crippen LogP contribution >= 0.6 is 11.8 Å². The molecule has 6 heterocycles. The molecule has 5 aromatic rings. The van der Waals surface area contributed by atoms with Gasteiger partial charge in [0, 0.05) is 62.6 Å². The molecule has 3 saturated heterocycles. The van der Waals surface area contributed by atoms with Gasteiger partial charge in [-0.25, -0.2) is 14.6 Å². The van der Waals surface area contributed by atoms with E-state index in [2.05, 4.69) is 25.1 Å². The van der Waals surface area contributed by atoms with Crippen molar-refractivity contribution in [2.75, 3.05) is 63.8 Å². The zero-order valence-electron chi connectivity index (χ0n) is 40.6. The number of nitrogen functional groups attached to an aromatic ring is 1. The number of likely N-dealkylation sites (tertiary alicyclic amines) is 1. The van der Waals surface area contributed by atoms with Crippen molar-refractivity contribution in [3.63, 3.8) is 0 Å². The van der Waals surface area contributed by atoms with Crippen LogP contribution in [0, 0.1) is 0 Å². The molecule has 3 N–H and O–H groups in total. The number of thioether (sulfide) groups is 1. The number of hydrogen-bond donors (Lipinski definition) is 2. The van der Waals surface area contributed by atoms with Gasteiger partial charge in [-0.15, -0.1) is 11.8 Å². The molecule has 374 valence electrons. The number of imide groups is 2. The summed E-state index contributed by atoms with van der Waals surface area (Å²) in [5.74, 6) is 1.07. The number of carbonyl (C=O) groups is 5. The lowest BCUT2D eigenvalue weighted by molar-refractivity contribution is -0.136. The minimum absolute atomic E-state index is 0.0145. The van der Waals surface area contributed by atoms with Gasteiger partial charge < -0.3 is 25.2 Å². The van der Waals surface area contributed by atoms with E-state index in [1.165, 1.54) is 51.3 Å². The molecule has 2 atom stereocenters. The minimum Gasteiger partial charge on any atom is -0.457 e. The molecule has 0 aliphatic carbocycles. The number of carbonyl (C=O) groups excluding carboxylic acids is 5. The Balaban J connectivity index is 0.616. The first-order valence-corrected chi connectivity index (χ1v) is 26.7. The van der Waals surface area contributed by atoms with E-state index in [0.717, 1.165) is 122 Å². The fourth-order valence-corrected chi connectivity index (χ4v) is 11.5. The number of rotatable bonds is 22. The second kappa shape index (κ2) is 23.8. The van der Waals surface area contributed by atoms with Crippen molar-refractivity contribution in [2.24, 2.45) is 0 Å². The SMILES string of the molecule is Nc1ncnc2c1c(-c1ccc(Oc3ccccc3)cc1)nn2[C@@H]1CCCN(C(=O)CCCN2CCN(CCCCCCCCCCCSc3cccc4c3C(=O)N(C3CCC(=O)NC3=O)C4=O)CC2)C1. The Labute approximate surface area is 420 Å². The second-order valence-corrected chi connectivity index (χ2v) is 20.4. The number of aromatic nitrogens is 4. The molecular weight excluding hydrogens is 917 g/mol. The van der Waals surface area contributed by atoms with Gasteiger partial charge in [0.1, 0.15) is 35.4 Å². The molecule has 1 unspecified atom stereocenters. The average molecular weight is 983 g/mol. The van der Waals surface area contributed by atoms with Crippen LogP contribution in [-0.2, 0) is 14.4 Å². The highest BCUT2D eigenvalue weighted by atomic mass is 32.2. The van der Waals surface area contributed by atoms with Crippen molar-refractivity contribution < 1.29 is 28.7 Å². The number of nitrogens with one attached hydrogen (secondary N) is 1. The van der Waals surface area contributed by atoms with Gasteiger partial charge in [-0.1, -0.05) is 69.2 Å². The maximum absolute atomic E-state index is 13.6. The van der Waals surface area contributed by atoms with Gasteiger partial charge in [0.15, 0.2) is 5.65 Å². The van der Waals surface area contributed by atoms with Crippen molar-refractivity contribution in [2.45, 2.75) is 113 Å². The molecule has 4 aliphatic rings. The summed E-state index contributed by atoms with van der Waals surface area (Å²) >= 11 is 1.60. The predicted octanol–water partition coefficient (Wildman–Crippen LogP) is 8.13. The van der Waals surface area contributed by atoms with Crippen molar-refractivity contribution in [1.82, 2.24) is 44.7 Å². The summed E-state index contributed by atoms with van der Waals surface area (Å²) in [5, 5.41) is 8.05. The Hall–Kier alpha value is -6.17. The first-order valence-electron chi connectivity index (χ1n) is 25.7. The lowest BCUT2D eigenvalue weighted by atomic mass is 10.0. The van der Waals surface area contributed by atoms with Crippen molar-refractivity contribution >= 4 is 58.1 Å². The molecule has 0 saturated carbocycles. The van der Waals surface area contributed by atoms with Gasteiger partial charge in [0.25, 0.3) is 11.8 Å². The van der Waals surface area contributed by atoms with Crippen LogP contribution in [0.5, 0.6) is 11.5 Å². The molecule has 2 aromatic heterocycles. The van der Waals surface area contributed by atoms with E-state index in [4.69, 9.17) is 15.6 Å². The molecule has 3 aromatic carbocycles. The van der Waals surface area contributed by atoms with E-state index in [0.29, 0.717) is 35.6 Å². The number of benzene rings is 3. The number of piperazine rings is 1. The summed E-state index contributed by atoms with van der Waals surface area (Å²) in [7, 11) is 0. The highest BCUT2D eigenvalue weighted by Crippen LogP contribution is 2.37. The molecule has 17 heteroatoms. The zero-order chi connectivity index (χ0) is 49.1. The largest absolute Gasteiger partial charge is 0.457 e. The van der Waals surface area contributed by atoms with Crippen LogP contribution in [0.4, 0.5) is 5.82 Å². The summed E-state index contributed by atoms with van der Waals surface area (Å²) in [4.78, 5) is 82.0. The van der Waals surface area contributed by atoms with E-state index in [9.17, 15) is 24.0 Å². The van der Waals surface area contributed by atoms with Crippen LogP contribution in [0.2, 0.25) is 0 Å². The number of ether oxygens (including phenoxy) is 1. The summed E-state index contributed by atoms with van der Waals surface area (Å²) < 4.78 is 7.97. The summed E-state index contributed by atoms with van der Waals surface area (Å²) in [6.45, 7) is 7.72. The Morgan fingerprint density at radius 3 is 2.15 bits per heavy atom. The lowest BCUT2D eigenvalue weighted by Gasteiger charge is -2.35. The lowest BCUT2D eigenvalue weighted by Crippen LogP contribution is -2.54. The van der Waals surface area contributed by atoms with E-state index >= 15 is 0 Å². The number of fused-ring (bicyclic) bond motifs is 2. The number of nitrogens with two attached hydrogens (primary N) is 1. The molecule has 0 spiro atoms. The monoisotopic (exact) mass is 982 g/mol. The summed E-state index contributed by atoms with van der Waals surface area (Å²) in [5.41, 5.74) is 9.46. The van der Waals surface area contributed by atoms with E-state index < -0.39 is 23.8 Å². The van der Waals surface area contributed by atoms with Crippen molar-refractivity contribution in [1.29, 1.82) is 0 Å². The topological polar surface area (TPSA) is 189 Å². The molecule has 5 amide bonds. The maximum atomic E-state index is 13.6. The Morgan fingerprint density at radius 2 is 1.42 bits per heavy atom. The van der Waals surface area contributed by atoms with Crippen LogP contribution in [0.3, 0.4) is 0 Å². The summed E-state index contributed by atoms with van der Waals surface area (Å²) in [6, 6.07) is 21.8. The van der Waals surface area contributed by atoms with Gasteiger partial charge in [0.05, 0.1) is 22.6 Å². The quantitative estimate of drug-likeness (QED) is 0.0385. The Morgan fingerprint density at radius 1 is 0.732 bits per heavy atom. The van der Waals surface area contributed by atoms with Gasteiger partial charge in [-0.3, -0.25) is 34.2 Å². The van der Waals surface area contributed by atoms with Crippen LogP contribution in [0.15, 0.2) is 84.0 Å². The number of piperidine rings is 2. The van der Waals surface area contributed by atoms with Gasteiger partial charge in [0.2, 0.25) is 17.7 Å². The van der Waals surface area contributed by atoms with E-state index in [1.807, 2.05) is 70.2 Å². The minimum atomic E-state index is -0.949. The number of para-hydroxylation sites is 1. The van der Waals surface area contributed by atoms with Crippen molar-refractivity contribution in [3.8, 4) is 22.8 Å². The van der Waals surface area contributed by atoms with E-state index in [-0.39, 0.29) is 30.7 Å². The average Bonchev–Trinajstić information content (AvgIpc) is 3.90. The molecule has 3 fully saturated rings. The van der Waals surface area contributed by atoms with Crippen LogP contribution in [-0.4, -0.2) is 133 Å². The molecule has 4 aliphatic heterocycles. The fourth-order valence-electron chi connectivity index (χ4n) is 10.4. The second-order valence-electron chi connectivity index (χ2n) is 19.3. The molecule has 0 bridgehead atoms. The normalized spacial score (nSPS) is 18.9. The first kappa shape index (κ1) is 49.8. The highest BCUT2D eigenvalue weighted by molar-refractivity contribution is 7.99. The standard InChI is InChI=1S/C54H66N10O6S/c55-50-48-49(38-22-24-41(25-23-38)70-40-17-9-8-10-18-40)59-64(51(48)57-37-56-50)39-16-14-30-62(36-39)46(66)21-15-29-61-33-31-60(32-34-61)28-11-6-4-2-1-3-5-7-12-35-71-44-20-13-19-42-47(44)54(69)63(53(42)68)43-26-27-45(65)58-52(43)67/h8-10,13,17-20,22-25,37,39,43H,1-7,11-12,14-16,21,26-36H2,(H2,55,56,57)(H,58,65,67)/t39-,43?/m1/s1. The molecule has 9 rings (SSSR count). The number of nitrogens with zero attached hydrogens (tertiary/aromatic N) is 8. The Bertz CT molecular complexity index is 2670. The van der Waals surface area contributed by atoms with E-state index in [1.54, 1.807) is 23.9 Å². The summed E-state index contributed by atoms with van der Waals surface area (Å²) in [6.07, 6.45) is 15.8. The fraction of sp³-hybridized carbons (Fsp3) is 0.481. The third kappa shape index (κ3) is 12.1. The third-order valence-corrected chi connectivity index (χ3v) is 15.5. The van der Waals surface area contributed by atoms with Gasteiger partial charge in [-0.05, 0) is 106 Å². The molecule has 71 heavy (non-hydrogen) atoms. The number of unbranched alkanes of at least 4 members (excludes halogenated alkanes) is 8. The maximum Gasteiger partial charge on any atom is 0.263 e. The van der Waals surface area contributed by atoms with Crippen LogP contribution in [0.25, 0.3) is 22.3 Å². The number of amides is 5. The number of hydrogen-bond acceptors (Lipinski definition) is 13. The Kier molecular flexibility index (Phi) is 16.7. The van der Waals surface area contributed by atoms with Crippen LogP contribution in [0.1, 0.15) is 123 Å². The van der Waals surface area contributed by atoms with Crippen LogP contribution < -0.4 is 15.8 Å². The molecular formula is C54H66N10O6S. The molecule has 16 nitrogen and oxygen atoms in total. The van der Waals surface area contributed by atoms with Gasteiger partial charge in [-0.2, -0.15) is 5.10 Å². The molecule has 0 radical (unpaired) electrons. The zero-order valence-corrected chi connectivity index (χ0v) is 41.5. The van der Waals surface area contributed by atoms with Gasteiger partial charge >= 0.3 is 0 Å². The smallest absolute Gasteiger partial charge is 0.263 e. The third-order valence-electron chi connectivity index (χ3n) is 14.4. The highest BCUT2D eigenvalue weighted by Gasteiger charge is 2.45.